The Balaban J connectivity index is 1.45. The number of ether oxygens (including phenoxy) is 1. The Labute approximate surface area is 171 Å². The van der Waals surface area contributed by atoms with E-state index in [1.165, 1.54) is 0 Å². The van der Waals surface area contributed by atoms with Crippen LogP contribution in [0.1, 0.15) is 21.5 Å². The van der Waals surface area contributed by atoms with E-state index < -0.39 is 6.04 Å². The second-order valence-corrected chi connectivity index (χ2v) is 7.54. The molecule has 0 aromatic heterocycles. The van der Waals surface area contributed by atoms with Gasteiger partial charge in [0.25, 0.3) is 5.91 Å². The molecule has 2 heterocycles. The molecule has 0 unspecified atom stereocenters. The van der Waals surface area contributed by atoms with Gasteiger partial charge in [-0.1, -0.05) is 48.5 Å². The summed E-state index contributed by atoms with van der Waals surface area (Å²) in [4.78, 5) is 30.1. The first kappa shape index (κ1) is 19.6. The summed E-state index contributed by atoms with van der Waals surface area (Å²) < 4.78 is 5.37. The van der Waals surface area contributed by atoms with Crippen LogP contribution in [0.2, 0.25) is 0 Å². The predicted molar refractivity (Wildman–Crippen MR) is 111 cm³/mol. The van der Waals surface area contributed by atoms with Crippen LogP contribution in [0, 0.1) is 0 Å². The molecule has 152 valence electrons. The highest BCUT2D eigenvalue weighted by atomic mass is 16.5. The Bertz CT molecular complexity index is 849. The van der Waals surface area contributed by atoms with Gasteiger partial charge in [-0.3, -0.25) is 14.5 Å². The van der Waals surface area contributed by atoms with Crippen LogP contribution in [-0.4, -0.2) is 67.0 Å². The fourth-order valence-corrected chi connectivity index (χ4v) is 3.99. The number of nitrogens with one attached hydrogen (secondary N) is 1. The smallest absolute Gasteiger partial charge is 0.255 e. The quantitative estimate of drug-likeness (QED) is 0.778. The average molecular weight is 393 g/mol. The predicted octanol–water partition coefficient (Wildman–Crippen LogP) is 1.70. The summed E-state index contributed by atoms with van der Waals surface area (Å²) in [6.07, 6.45) is 0.504. The molecule has 0 aliphatic carbocycles. The van der Waals surface area contributed by atoms with E-state index in [9.17, 15) is 9.59 Å². The van der Waals surface area contributed by atoms with Crippen LogP contribution in [0.5, 0.6) is 0 Å². The first-order valence-corrected chi connectivity index (χ1v) is 10.2. The molecule has 1 fully saturated rings. The van der Waals surface area contributed by atoms with Gasteiger partial charge in [0.1, 0.15) is 6.04 Å². The number of morpholine rings is 1. The second-order valence-electron chi connectivity index (χ2n) is 7.54. The van der Waals surface area contributed by atoms with Crippen LogP contribution in [0.25, 0.3) is 0 Å². The van der Waals surface area contributed by atoms with E-state index in [0.717, 1.165) is 44.0 Å². The fourth-order valence-electron chi connectivity index (χ4n) is 3.99. The molecule has 0 radical (unpaired) electrons. The number of hydrogen-bond donors (Lipinski definition) is 1. The van der Waals surface area contributed by atoms with Gasteiger partial charge in [-0.25, -0.2) is 0 Å². The summed E-state index contributed by atoms with van der Waals surface area (Å²) in [5.41, 5.74) is 2.73. The third kappa shape index (κ3) is 4.66. The molecule has 2 aliphatic rings. The van der Waals surface area contributed by atoms with Gasteiger partial charge in [-0.15, -0.1) is 0 Å². The maximum atomic E-state index is 13.1. The van der Waals surface area contributed by atoms with Crippen molar-refractivity contribution < 1.29 is 14.3 Å². The maximum Gasteiger partial charge on any atom is 0.255 e. The summed E-state index contributed by atoms with van der Waals surface area (Å²) >= 11 is 0. The number of amides is 2. The molecule has 2 aromatic carbocycles. The van der Waals surface area contributed by atoms with Gasteiger partial charge >= 0.3 is 0 Å². The normalized spacial score (nSPS) is 17.8. The average Bonchev–Trinajstić information content (AvgIpc) is 3.10. The van der Waals surface area contributed by atoms with Crippen molar-refractivity contribution in [2.24, 2.45) is 0 Å². The molecule has 2 aliphatic heterocycles. The van der Waals surface area contributed by atoms with E-state index in [1.807, 2.05) is 54.6 Å². The van der Waals surface area contributed by atoms with E-state index in [2.05, 4.69) is 10.2 Å². The van der Waals surface area contributed by atoms with Gasteiger partial charge in [0, 0.05) is 44.7 Å². The molecular formula is C23H27N3O3. The highest BCUT2D eigenvalue weighted by molar-refractivity contribution is 6.01. The number of rotatable bonds is 7. The monoisotopic (exact) mass is 393 g/mol. The third-order valence-electron chi connectivity index (χ3n) is 5.63. The molecule has 2 amide bonds. The van der Waals surface area contributed by atoms with Crippen molar-refractivity contribution in [3.8, 4) is 0 Å². The summed E-state index contributed by atoms with van der Waals surface area (Å²) in [5, 5.41) is 3.06. The van der Waals surface area contributed by atoms with Crippen molar-refractivity contribution in [1.29, 1.82) is 0 Å². The number of carbonyl (C=O) groups is 2. The lowest BCUT2D eigenvalue weighted by Crippen LogP contribution is -2.50. The van der Waals surface area contributed by atoms with Crippen LogP contribution in [0.15, 0.2) is 54.6 Å². The molecule has 1 saturated heterocycles. The molecule has 6 heteroatoms. The lowest BCUT2D eigenvalue weighted by atomic mass is 10.0. The van der Waals surface area contributed by atoms with Gasteiger partial charge in [-0.2, -0.15) is 0 Å². The molecule has 4 rings (SSSR count). The fraction of sp³-hybridized carbons (Fsp3) is 0.391. The van der Waals surface area contributed by atoms with Crippen molar-refractivity contribution in [2.75, 3.05) is 39.4 Å². The first-order chi connectivity index (χ1) is 14.2. The van der Waals surface area contributed by atoms with Gasteiger partial charge in [0.2, 0.25) is 5.91 Å². The lowest BCUT2D eigenvalue weighted by Gasteiger charge is -2.29. The SMILES string of the molecule is O=C(NCCN1CCOCC1)[C@H](Cc1ccccc1)N1Cc2ccccc2C1=O. The third-order valence-corrected chi connectivity index (χ3v) is 5.63. The van der Waals surface area contributed by atoms with Crippen LogP contribution in [0.3, 0.4) is 0 Å². The highest BCUT2D eigenvalue weighted by Crippen LogP contribution is 2.25. The molecule has 1 atom stereocenters. The molecule has 0 spiro atoms. The number of nitrogens with zero attached hydrogens (tertiary/aromatic N) is 2. The Morgan fingerprint density at radius 1 is 1.03 bits per heavy atom. The van der Waals surface area contributed by atoms with Crippen LogP contribution < -0.4 is 5.32 Å². The largest absolute Gasteiger partial charge is 0.379 e. The summed E-state index contributed by atoms with van der Waals surface area (Å²) in [7, 11) is 0. The zero-order valence-corrected chi connectivity index (χ0v) is 16.5. The molecule has 0 bridgehead atoms. The number of hydrogen-bond acceptors (Lipinski definition) is 4. The van der Waals surface area contributed by atoms with E-state index in [0.29, 0.717) is 25.1 Å². The Hall–Kier alpha value is -2.70. The molecule has 0 saturated carbocycles. The van der Waals surface area contributed by atoms with Gasteiger partial charge in [0.15, 0.2) is 0 Å². The van der Waals surface area contributed by atoms with Crippen LogP contribution >= 0.6 is 0 Å². The Morgan fingerprint density at radius 2 is 1.76 bits per heavy atom. The number of carbonyl (C=O) groups excluding carboxylic acids is 2. The molecular weight excluding hydrogens is 366 g/mol. The van der Waals surface area contributed by atoms with E-state index in [1.54, 1.807) is 4.90 Å². The van der Waals surface area contributed by atoms with Gasteiger partial charge in [-0.05, 0) is 17.2 Å². The minimum absolute atomic E-state index is 0.0649. The molecule has 29 heavy (non-hydrogen) atoms. The standard InChI is InChI=1S/C23H27N3O3/c27-22(24-10-11-25-12-14-29-15-13-25)21(16-18-6-2-1-3-7-18)26-17-19-8-4-5-9-20(19)23(26)28/h1-9,21H,10-17H2,(H,24,27)/t21-/m0/s1. The van der Waals surface area contributed by atoms with Gasteiger partial charge < -0.3 is 15.0 Å². The summed E-state index contributed by atoms with van der Waals surface area (Å²) in [5.74, 6) is -0.159. The number of benzene rings is 2. The molecule has 2 aromatic rings. The van der Waals surface area contributed by atoms with Crippen molar-refractivity contribution in [3.05, 3.63) is 71.3 Å². The summed E-state index contributed by atoms with van der Waals surface area (Å²) in [6.45, 7) is 5.10. The highest BCUT2D eigenvalue weighted by Gasteiger charge is 2.36. The Morgan fingerprint density at radius 3 is 2.52 bits per heavy atom. The zero-order chi connectivity index (χ0) is 20.1. The van der Waals surface area contributed by atoms with Crippen molar-refractivity contribution in [3.63, 3.8) is 0 Å². The van der Waals surface area contributed by atoms with Crippen LogP contribution in [-0.2, 0) is 22.5 Å². The van der Waals surface area contributed by atoms with Crippen molar-refractivity contribution in [1.82, 2.24) is 15.1 Å². The van der Waals surface area contributed by atoms with E-state index in [-0.39, 0.29) is 11.8 Å². The second kappa shape index (κ2) is 9.20. The van der Waals surface area contributed by atoms with Crippen molar-refractivity contribution in [2.45, 2.75) is 19.0 Å². The summed E-state index contributed by atoms with van der Waals surface area (Å²) in [6, 6.07) is 17.0. The Kier molecular flexibility index (Phi) is 6.22. The lowest BCUT2D eigenvalue weighted by molar-refractivity contribution is -0.125. The maximum absolute atomic E-state index is 13.1. The van der Waals surface area contributed by atoms with E-state index >= 15 is 0 Å². The minimum atomic E-state index is -0.526. The molecule has 1 N–H and O–H groups in total. The number of fused-ring (bicyclic) bond motifs is 1. The van der Waals surface area contributed by atoms with Crippen LogP contribution in [0.4, 0.5) is 0 Å². The topological polar surface area (TPSA) is 61.9 Å². The molecule has 6 nitrogen and oxygen atoms in total. The van der Waals surface area contributed by atoms with Gasteiger partial charge in [0.05, 0.1) is 13.2 Å². The van der Waals surface area contributed by atoms with E-state index in [4.69, 9.17) is 4.74 Å². The first-order valence-electron chi connectivity index (χ1n) is 10.2. The zero-order valence-electron chi connectivity index (χ0n) is 16.5. The van der Waals surface area contributed by atoms with Crippen molar-refractivity contribution >= 4 is 11.8 Å². The minimum Gasteiger partial charge on any atom is -0.379 e.